The third-order valence-electron chi connectivity index (χ3n) is 8.61. The average Bonchev–Trinajstić information content (AvgIpc) is 3.66. The van der Waals surface area contributed by atoms with Gasteiger partial charge < -0.3 is 0 Å². The van der Waals surface area contributed by atoms with Crippen LogP contribution >= 0.6 is 17.0 Å². The van der Waals surface area contributed by atoms with Crippen LogP contribution in [-0.4, -0.2) is 9.52 Å². The fourth-order valence-corrected chi connectivity index (χ4v) is 6.66. The van der Waals surface area contributed by atoms with E-state index in [1.165, 1.54) is 96.9 Å². The summed E-state index contributed by atoms with van der Waals surface area (Å²) in [5.74, 6) is 1.62. The van der Waals surface area contributed by atoms with E-state index in [9.17, 15) is 0 Å². The van der Waals surface area contributed by atoms with Crippen LogP contribution in [-0.2, 0) is 33.7 Å². The van der Waals surface area contributed by atoms with Gasteiger partial charge in [-0.25, -0.2) is 0 Å². The average molecular weight is 695 g/mol. The van der Waals surface area contributed by atoms with Crippen molar-refractivity contribution >= 4 is 48.1 Å². The monoisotopic (exact) mass is 692 g/mol. The van der Waals surface area contributed by atoms with Crippen LogP contribution in [0, 0.1) is 0 Å². The molecule has 6 rings (SSSR count). The van der Waals surface area contributed by atoms with Crippen LogP contribution in [0.2, 0.25) is 13.1 Å². The van der Waals surface area contributed by atoms with Crippen molar-refractivity contribution < 1.29 is 20.8 Å². The number of halogens is 2. The van der Waals surface area contributed by atoms with Crippen LogP contribution in [0.3, 0.4) is 0 Å². The van der Waals surface area contributed by atoms with Gasteiger partial charge in [0.25, 0.3) is 0 Å². The molecule has 2 aliphatic rings. The minimum absolute atomic E-state index is 0.808. The molecule has 2 radical (unpaired) electrons. The Morgan fingerprint density at radius 1 is 0.714 bits per heavy atom. The van der Waals surface area contributed by atoms with Gasteiger partial charge in [-0.15, -0.1) is 82.2 Å². The molecule has 2 saturated carbocycles. The van der Waals surface area contributed by atoms with E-state index in [2.05, 4.69) is 86.9 Å². The standard InChI is InChI=1S/2C18H21.C2H6Si.2ClH.Zr/c2*1-2-7-15-10-6-11-16-12-17(13-18(15)16)14-8-4-3-5-9-14;1-3-2;;;/h2*2,6,10-14H,1,3-5,7-9H2;1-2H3;2*1H;/q2*-1;;;;+4/p-2. The third kappa shape index (κ3) is 10.5. The van der Waals surface area contributed by atoms with Crippen molar-refractivity contribution in [2.75, 3.05) is 0 Å². The fourth-order valence-electron chi connectivity index (χ4n) is 6.66. The summed E-state index contributed by atoms with van der Waals surface area (Å²) in [4.78, 5) is 0. The van der Waals surface area contributed by atoms with E-state index in [0.717, 1.165) is 34.2 Å². The van der Waals surface area contributed by atoms with Gasteiger partial charge in [0, 0.05) is 9.52 Å². The molecule has 42 heavy (non-hydrogen) atoms. The Hall–Kier alpha value is -1.18. The number of benzene rings is 2. The molecule has 0 amide bonds. The van der Waals surface area contributed by atoms with E-state index in [1.807, 2.05) is 12.2 Å². The first-order chi connectivity index (χ1) is 20.6. The molecule has 0 spiro atoms. The molecule has 0 aromatic heterocycles. The molecular formula is C38H48Cl2SiZr. The second kappa shape index (κ2) is 20.0. The van der Waals surface area contributed by atoms with Gasteiger partial charge in [-0.3, -0.25) is 0 Å². The van der Waals surface area contributed by atoms with Gasteiger partial charge in [0.2, 0.25) is 0 Å². The molecule has 0 nitrogen and oxygen atoms in total. The number of hydrogen-bond donors (Lipinski definition) is 0. The molecule has 222 valence electrons. The molecule has 4 aromatic carbocycles. The first kappa shape index (κ1) is 35.3. The van der Waals surface area contributed by atoms with Crippen molar-refractivity contribution in [1.82, 2.24) is 0 Å². The Balaban J connectivity index is 0.000000195. The van der Waals surface area contributed by atoms with Crippen molar-refractivity contribution in [2.45, 2.75) is 102 Å². The molecule has 0 bridgehead atoms. The van der Waals surface area contributed by atoms with Gasteiger partial charge in [-0.1, -0.05) is 87.0 Å². The van der Waals surface area contributed by atoms with Crippen molar-refractivity contribution in [1.29, 1.82) is 0 Å². The topological polar surface area (TPSA) is 0 Å². The summed E-state index contributed by atoms with van der Waals surface area (Å²) in [5.41, 5.74) is 5.98. The second-order valence-electron chi connectivity index (χ2n) is 11.6. The molecule has 2 aliphatic carbocycles. The van der Waals surface area contributed by atoms with Crippen molar-refractivity contribution in [3.05, 3.63) is 108 Å². The number of fused-ring (bicyclic) bond motifs is 2. The van der Waals surface area contributed by atoms with Crippen LogP contribution < -0.4 is 0 Å². The van der Waals surface area contributed by atoms with Crippen molar-refractivity contribution in [3.63, 3.8) is 0 Å². The Labute approximate surface area is 277 Å². The Kier molecular flexibility index (Phi) is 16.8. The summed E-state index contributed by atoms with van der Waals surface area (Å²) in [6.07, 6.45) is 20.0. The number of hydrogen-bond acceptors (Lipinski definition) is 0. The maximum atomic E-state index is 4.93. The van der Waals surface area contributed by atoms with Crippen LogP contribution in [0.1, 0.15) is 98.3 Å². The summed E-state index contributed by atoms with van der Waals surface area (Å²) in [5, 5.41) is 5.71. The van der Waals surface area contributed by atoms with Crippen LogP contribution in [0.15, 0.2) is 86.0 Å². The van der Waals surface area contributed by atoms with Gasteiger partial charge in [0.15, 0.2) is 0 Å². The molecule has 0 aliphatic heterocycles. The van der Waals surface area contributed by atoms with E-state index < -0.39 is 20.8 Å². The van der Waals surface area contributed by atoms with Gasteiger partial charge in [0.05, 0.1) is 0 Å². The summed E-state index contributed by atoms with van der Waals surface area (Å²) in [6.45, 7) is 12.0. The molecule has 0 atom stereocenters. The predicted molar refractivity (Wildman–Crippen MR) is 188 cm³/mol. The van der Waals surface area contributed by atoms with Gasteiger partial charge in [-0.2, -0.15) is 12.1 Å². The summed E-state index contributed by atoms with van der Waals surface area (Å²) >= 11 is -0.826. The SMILES string of the molecule is C=CCc1cccc2[cH-]c(C3CCCCC3)cc12.C=CCc1cccc2[cH-]c(C3CCCCC3)cc12.C[Si]C.[Cl][Zr+2][Cl]. The molecule has 4 aromatic rings. The van der Waals surface area contributed by atoms with E-state index in [1.54, 1.807) is 11.1 Å². The first-order valence-corrected chi connectivity index (χ1v) is 24.1. The predicted octanol–water partition coefficient (Wildman–Crippen LogP) is 12.8. The van der Waals surface area contributed by atoms with Crippen molar-refractivity contribution in [2.24, 2.45) is 0 Å². The number of allylic oxidation sites excluding steroid dienone is 2. The number of rotatable bonds is 6. The zero-order valence-corrected chi connectivity index (χ0v) is 30.7. The minimum atomic E-state index is -0.826. The Morgan fingerprint density at radius 3 is 1.40 bits per heavy atom. The molecule has 0 heterocycles. The third-order valence-corrected chi connectivity index (χ3v) is 8.61. The van der Waals surface area contributed by atoms with E-state index in [4.69, 9.17) is 17.0 Å². The fraction of sp³-hybridized carbons (Fsp3) is 0.421. The summed E-state index contributed by atoms with van der Waals surface area (Å²) in [7, 11) is 11.0. The summed E-state index contributed by atoms with van der Waals surface area (Å²) in [6, 6.07) is 23.0. The second-order valence-corrected chi connectivity index (χ2v) is 16.4. The van der Waals surface area contributed by atoms with Crippen LogP contribution in [0.5, 0.6) is 0 Å². The van der Waals surface area contributed by atoms with Gasteiger partial charge in [-0.05, 0) is 50.4 Å². The van der Waals surface area contributed by atoms with Crippen LogP contribution in [0.25, 0.3) is 21.5 Å². The van der Waals surface area contributed by atoms with E-state index >= 15 is 0 Å². The maximum absolute atomic E-state index is 4.93. The van der Waals surface area contributed by atoms with Crippen molar-refractivity contribution in [3.8, 4) is 0 Å². The van der Waals surface area contributed by atoms with Crippen LogP contribution in [0.4, 0.5) is 0 Å². The first-order valence-electron chi connectivity index (χ1n) is 15.7. The van der Waals surface area contributed by atoms with E-state index in [0.29, 0.717) is 0 Å². The molecule has 0 unspecified atom stereocenters. The molecule has 0 N–H and O–H groups in total. The molecule has 0 saturated heterocycles. The van der Waals surface area contributed by atoms with Gasteiger partial charge >= 0.3 is 37.9 Å². The van der Waals surface area contributed by atoms with Gasteiger partial charge in [0.1, 0.15) is 0 Å². The zero-order chi connectivity index (χ0) is 30.2. The zero-order valence-electron chi connectivity index (χ0n) is 25.7. The summed E-state index contributed by atoms with van der Waals surface area (Å²) < 4.78 is 0. The quantitative estimate of drug-likeness (QED) is 0.107. The Bertz CT molecular complexity index is 1230. The Morgan fingerprint density at radius 2 is 1.07 bits per heavy atom. The molecular weight excluding hydrogens is 647 g/mol. The normalized spacial score (nSPS) is 15.3. The molecule has 4 heteroatoms. The van der Waals surface area contributed by atoms with E-state index in [-0.39, 0.29) is 0 Å². The molecule has 2 fully saturated rings.